The predicted octanol–water partition coefficient (Wildman–Crippen LogP) is 5.48. The maximum atomic E-state index is 13.0. The Morgan fingerprint density at radius 1 is 1.22 bits per heavy atom. The molecular formula is C21H19ClN2O2S. The number of aromatic nitrogens is 1. The minimum Gasteiger partial charge on any atom is -0.478 e. The number of anilines is 1. The second-order valence-corrected chi connectivity index (χ2v) is 8.00. The Bertz CT molecular complexity index is 984. The van der Waals surface area contributed by atoms with Gasteiger partial charge in [-0.15, -0.1) is 11.3 Å². The maximum Gasteiger partial charge on any atom is 0.268 e. The van der Waals surface area contributed by atoms with E-state index in [4.69, 9.17) is 16.3 Å². The molecule has 0 fully saturated rings. The fraction of sp³-hybridized carbons (Fsp3) is 0.238. The van der Waals surface area contributed by atoms with E-state index in [1.54, 1.807) is 16.2 Å². The molecule has 0 saturated heterocycles. The van der Waals surface area contributed by atoms with E-state index in [0.29, 0.717) is 18.0 Å². The second-order valence-electron chi connectivity index (χ2n) is 6.50. The van der Waals surface area contributed by atoms with Crippen LogP contribution in [0.2, 0.25) is 5.02 Å². The van der Waals surface area contributed by atoms with E-state index in [1.807, 2.05) is 61.7 Å². The number of amides is 1. The van der Waals surface area contributed by atoms with E-state index in [9.17, 15) is 4.79 Å². The van der Waals surface area contributed by atoms with Crippen molar-refractivity contribution < 1.29 is 9.53 Å². The number of carbonyl (C=O) groups excluding carboxylic acids is 1. The minimum absolute atomic E-state index is 0.0217. The molecule has 3 aromatic rings. The van der Waals surface area contributed by atoms with Gasteiger partial charge in [-0.25, -0.2) is 4.98 Å². The largest absolute Gasteiger partial charge is 0.478 e. The molecule has 0 bridgehead atoms. The molecule has 1 unspecified atom stereocenters. The lowest BCUT2D eigenvalue weighted by atomic mass is 10.1. The number of fused-ring (bicyclic) bond motifs is 1. The molecule has 2 aromatic carbocycles. The highest BCUT2D eigenvalue weighted by Gasteiger charge is 2.33. The summed E-state index contributed by atoms with van der Waals surface area (Å²) in [6, 6.07) is 13.5. The van der Waals surface area contributed by atoms with Crippen LogP contribution in [0.1, 0.15) is 23.9 Å². The lowest BCUT2D eigenvalue weighted by Crippen LogP contribution is -2.45. The van der Waals surface area contributed by atoms with Crippen LogP contribution in [-0.2, 0) is 11.3 Å². The van der Waals surface area contributed by atoms with Crippen molar-refractivity contribution in [1.29, 1.82) is 0 Å². The van der Waals surface area contributed by atoms with Gasteiger partial charge in [0.25, 0.3) is 5.91 Å². The Kier molecular flexibility index (Phi) is 4.89. The summed E-state index contributed by atoms with van der Waals surface area (Å²) in [6.45, 7) is 4.42. The van der Waals surface area contributed by atoms with Crippen molar-refractivity contribution in [3.05, 3.63) is 63.4 Å². The van der Waals surface area contributed by atoms with Crippen molar-refractivity contribution in [2.24, 2.45) is 0 Å². The van der Waals surface area contributed by atoms with Gasteiger partial charge in [0, 0.05) is 16.0 Å². The number of nitrogens with zero attached hydrogens (tertiary/aromatic N) is 2. The Morgan fingerprint density at radius 2 is 2.00 bits per heavy atom. The molecule has 1 aliphatic rings. The Hall–Kier alpha value is -2.37. The van der Waals surface area contributed by atoms with E-state index >= 15 is 0 Å². The van der Waals surface area contributed by atoms with Crippen LogP contribution in [0.5, 0.6) is 5.75 Å². The lowest BCUT2D eigenvalue weighted by molar-refractivity contribution is -0.126. The van der Waals surface area contributed by atoms with E-state index < -0.39 is 6.10 Å². The SMILES string of the molecule is CCC1Oc2ccc(-c3csc(C)n3)cc2N(Cc2ccc(Cl)cc2)C1=O. The molecule has 138 valence electrons. The van der Waals surface area contributed by atoms with Gasteiger partial charge >= 0.3 is 0 Å². The number of thiazole rings is 1. The molecule has 1 aromatic heterocycles. The van der Waals surface area contributed by atoms with Crippen molar-refractivity contribution in [3.63, 3.8) is 0 Å². The molecule has 1 amide bonds. The summed E-state index contributed by atoms with van der Waals surface area (Å²) in [5, 5.41) is 3.72. The minimum atomic E-state index is -0.461. The number of benzene rings is 2. The Morgan fingerprint density at radius 3 is 2.67 bits per heavy atom. The summed E-state index contributed by atoms with van der Waals surface area (Å²) in [4.78, 5) is 19.4. The first-order valence-corrected chi connectivity index (χ1v) is 10.1. The molecule has 1 aliphatic heterocycles. The van der Waals surface area contributed by atoms with Crippen molar-refractivity contribution in [3.8, 4) is 17.0 Å². The number of ether oxygens (including phenoxy) is 1. The number of hydrogen-bond acceptors (Lipinski definition) is 4. The summed E-state index contributed by atoms with van der Waals surface area (Å²) in [6.07, 6.45) is 0.166. The molecule has 4 rings (SSSR count). The molecule has 0 N–H and O–H groups in total. The second kappa shape index (κ2) is 7.33. The molecule has 2 heterocycles. The first-order valence-electron chi connectivity index (χ1n) is 8.84. The third kappa shape index (κ3) is 3.57. The standard InChI is InChI=1S/C21H19ClN2O2S/c1-3-19-21(25)24(11-14-4-7-16(22)8-5-14)18-10-15(6-9-20(18)26-19)17-12-27-13(2)23-17/h4-10,12,19H,3,11H2,1-2H3. The summed E-state index contributed by atoms with van der Waals surface area (Å²) in [7, 11) is 0. The highest BCUT2D eigenvalue weighted by molar-refractivity contribution is 7.09. The van der Waals surface area contributed by atoms with Crippen molar-refractivity contribution in [2.45, 2.75) is 32.9 Å². The van der Waals surface area contributed by atoms with Crippen LogP contribution in [-0.4, -0.2) is 17.0 Å². The third-order valence-electron chi connectivity index (χ3n) is 4.60. The Labute approximate surface area is 167 Å². The number of aryl methyl sites for hydroxylation is 1. The molecule has 0 saturated carbocycles. The number of halogens is 1. The number of hydrogen-bond donors (Lipinski definition) is 0. The zero-order valence-corrected chi connectivity index (χ0v) is 16.7. The van der Waals surface area contributed by atoms with Crippen LogP contribution in [0.3, 0.4) is 0 Å². The average Bonchev–Trinajstić information content (AvgIpc) is 3.11. The van der Waals surface area contributed by atoms with Gasteiger partial charge in [-0.1, -0.05) is 30.7 Å². The van der Waals surface area contributed by atoms with Gasteiger partial charge in [0.15, 0.2) is 6.10 Å². The zero-order chi connectivity index (χ0) is 19.0. The van der Waals surface area contributed by atoms with Crippen LogP contribution in [0.15, 0.2) is 47.8 Å². The van der Waals surface area contributed by atoms with Crippen LogP contribution in [0.4, 0.5) is 5.69 Å². The fourth-order valence-electron chi connectivity index (χ4n) is 3.17. The molecule has 0 spiro atoms. The summed E-state index contributed by atoms with van der Waals surface area (Å²) in [5.41, 5.74) is 3.69. The molecule has 0 radical (unpaired) electrons. The molecule has 0 aliphatic carbocycles. The van der Waals surface area contributed by atoms with Gasteiger partial charge in [-0.3, -0.25) is 4.79 Å². The van der Waals surface area contributed by atoms with Gasteiger partial charge in [-0.2, -0.15) is 0 Å². The van der Waals surface area contributed by atoms with Crippen LogP contribution < -0.4 is 9.64 Å². The number of carbonyl (C=O) groups is 1. The van der Waals surface area contributed by atoms with Crippen molar-refractivity contribution in [1.82, 2.24) is 4.98 Å². The Balaban J connectivity index is 1.75. The fourth-order valence-corrected chi connectivity index (χ4v) is 3.92. The topological polar surface area (TPSA) is 42.4 Å². The van der Waals surface area contributed by atoms with Crippen LogP contribution >= 0.6 is 22.9 Å². The summed E-state index contributed by atoms with van der Waals surface area (Å²) in [5.74, 6) is 0.706. The predicted molar refractivity (Wildman–Crippen MR) is 110 cm³/mol. The monoisotopic (exact) mass is 398 g/mol. The van der Waals surface area contributed by atoms with Crippen LogP contribution in [0, 0.1) is 6.92 Å². The smallest absolute Gasteiger partial charge is 0.268 e. The molecule has 4 nitrogen and oxygen atoms in total. The van der Waals surface area contributed by atoms with Gasteiger partial charge < -0.3 is 9.64 Å². The van der Waals surface area contributed by atoms with Crippen molar-refractivity contribution in [2.75, 3.05) is 4.90 Å². The van der Waals surface area contributed by atoms with E-state index in [1.165, 1.54) is 0 Å². The average molecular weight is 399 g/mol. The van der Waals surface area contributed by atoms with Gasteiger partial charge in [0.05, 0.1) is 22.9 Å². The van der Waals surface area contributed by atoms with E-state index in [0.717, 1.165) is 33.3 Å². The van der Waals surface area contributed by atoms with Gasteiger partial charge in [-0.05, 0) is 49.2 Å². The van der Waals surface area contributed by atoms with E-state index in [2.05, 4.69) is 4.98 Å². The first kappa shape index (κ1) is 18.0. The van der Waals surface area contributed by atoms with Gasteiger partial charge in [0.1, 0.15) is 5.75 Å². The third-order valence-corrected chi connectivity index (χ3v) is 5.63. The molecule has 6 heteroatoms. The highest BCUT2D eigenvalue weighted by Crippen LogP contribution is 2.39. The van der Waals surface area contributed by atoms with Gasteiger partial charge in [0.2, 0.25) is 0 Å². The first-order chi connectivity index (χ1) is 13.0. The quantitative estimate of drug-likeness (QED) is 0.584. The highest BCUT2D eigenvalue weighted by atomic mass is 35.5. The maximum absolute atomic E-state index is 13.0. The normalized spacial score (nSPS) is 16.2. The zero-order valence-electron chi connectivity index (χ0n) is 15.1. The van der Waals surface area contributed by atoms with Crippen LogP contribution in [0.25, 0.3) is 11.3 Å². The molecule has 1 atom stereocenters. The van der Waals surface area contributed by atoms with Crippen molar-refractivity contribution >= 4 is 34.5 Å². The van der Waals surface area contributed by atoms with E-state index in [-0.39, 0.29) is 5.91 Å². The summed E-state index contributed by atoms with van der Waals surface area (Å²) < 4.78 is 5.95. The lowest BCUT2D eigenvalue weighted by Gasteiger charge is -2.34. The number of rotatable bonds is 4. The molecular weight excluding hydrogens is 380 g/mol. The molecule has 27 heavy (non-hydrogen) atoms. The summed E-state index contributed by atoms with van der Waals surface area (Å²) >= 11 is 7.60.